The molecule has 0 aliphatic rings. The van der Waals surface area contributed by atoms with E-state index in [1.165, 1.54) is 0 Å². The molecular formula is C11H14N2O. The molecule has 1 aromatic carbocycles. The van der Waals surface area contributed by atoms with Crippen LogP contribution >= 0.6 is 0 Å². The van der Waals surface area contributed by atoms with E-state index >= 15 is 0 Å². The molecule has 1 atom stereocenters. The molecule has 0 aliphatic heterocycles. The zero-order chi connectivity index (χ0) is 10.6. The summed E-state index contributed by atoms with van der Waals surface area (Å²) in [6.45, 7) is 1.98. The molecule has 0 saturated heterocycles. The number of ether oxygens (including phenoxy) is 1. The van der Waals surface area contributed by atoms with Crippen LogP contribution in [0.25, 0.3) is 0 Å². The van der Waals surface area contributed by atoms with Crippen molar-refractivity contribution in [2.24, 2.45) is 5.73 Å². The first-order chi connectivity index (χ1) is 6.69. The van der Waals surface area contributed by atoms with Crippen molar-refractivity contribution in [1.82, 2.24) is 0 Å². The van der Waals surface area contributed by atoms with Crippen LogP contribution in [0.3, 0.4) is 0 Å². The Balaban J connectivity index is 3.00. The van der Waals surface area contributed by atoms with Crippen LogP contribution in [0.15, 0.2) is 18.2 Å². The van der Waals surface area contributed by atoms with Crippen molar-refractivity contribution in [3.63, 3.8) is 0 Å². The molecule has 0 radical (unpaired) electrons. The first-order valence-electron chi connectivity index (χ1n) is 4.46. The van der Waals surface area contributed by atoms with Crippen LogP contribution in [0.1, 0.15) is 23.6 Å². The second kappa shape index (κ2) is 4.64. The van der Waals surface area contributed by atoms with Crippen molar-refractivity contribution < 1.29 is 4.74 Å². The third kappa shape index (κ3) is 2.24. The SMILES string of the molecule is COc1ccc(C)c([C@H](N)CC#N)c1. The van der Waals surface area contributed by atoms with Gasteiger partial charge in [0.1, 0.15) is 5.75 Å². The number of hydrogen-bond acceptors (Lipinski definition) is 3. The van der Waals surface area contributed by atoms with E-state index < -0.39 is 0 Å². The average Bonchev–Trinajstić information content (AvgIpc) is 2.19. The predicted molar refractivity (Wildman–Crippen MR) is 54.9 cm³/mol. The van der Waals surface area contributed by atoms with Gasteiger partial charge in [0, 0.05) is 6.04 Å². The fourth-order valence-corrected chi connectivity index (χ4v) is 1.35. The van der Waals surface area contributed by atoms with Gasteiger partial charge in [0.15, 0.2) is 0 Å². The smallest absolute Gasteiger partial charge is 0.119 e. The molecule has 3 heteroatoms. The second-order valence-corrected chi connectivity index (χ2v) is 3.19. The van der Waals surface area contributed by atoms with Gasteiger partial charge >= 0.3 is 0 Å². The third-order valence-corrected chi connectivity index (χ3v) is 2.20. The zero-order valence-corrected chi connectivity index (χ0v) is 8.45. The molecule has 0 aliphatic carbocycles. The highest BCUT2D eigenvalue weighted by atomic mass is 16.5. The van der Waals surface area contributed by atoms with E-state index in [2.05, 4.69) is 6.07 Å². The van der Waals surface area contributed by atoms with E-state index in [4.69, 9.17) is 15.7 Å². The van der Waals surface area contributed by atoms with Gasteiger partial charge in [-0.2, -0.15) is 5.26 Å². The molecular weight excluding hydrogens is 176 g/mol. The molecule has 1 aromatic rings. The van der Waals surface area contributed by atoms with E-state index in [1.54, 1.807) is 7.11 Å². The third-order valence-electron chi connectivity index (χ3n) is 2.20. The summed E-state index contributed by atoms with van der Waals surface area (Å²) in [5.74, 6) is 0.777. The molecule has 74 valence electrons. The van der Waals surface area contributed by atoms with Crippen molar-refractivity contribution in [2.45, 2.75) is 19.4 Å². The molecule has 2 N–H and O–H groups in total. The van der Waals surface area contributed by atoms with E-state index in [-0.39, 0.29) is 6.04 Å². The Morgan fingerprint density at radius 3 is 2.86 bits per heavy atom. The van der Waals surface area contributed by atoms with Gasteiger partial charge in [-0.25, -0.2) is 0 Å². The maximum Gasteiger partial charge on any atom is 0.119 e. The van der Waals surface area contributed by atoms with Gasteiger partial charge in [-0.1, -0.05) is 6.07 Å². The molecule has 1 rings (SSSR count). The average molecular weight is 190 g/mol. The van der Waals surface area contributed by atoms with Crippen molar-refractivity contribution in [3.8, 4) is 11.8 Å². The summed E-state index contributed by atoms with van der Waals surface area (Å²) in [6, 6.07) is 7.56. The van der Waals surface area contributed by atoms with Crippen LogP contribution in [0.5, 0.6) is 5.75 Å². The Labute approximate surface area is 84.1 Å². The zero-order valence-electron chi connectivity index (χ0n) is 8.45. The van der Waals surface area contributed by atoms with Gasteiger partial charge in [-0.15, -0.1) is 0 Å². The summed E-state index contributed by atoms with van der Waals surface area (Å²) in [7, 11) is 1.62. The molecule has 14 heavy (non-hydrogen) atoms. The number of rotatable bonds is 3. The lowest BCUT2D eigenvalue weighted by atomic mass is 10.00. The molecule has 0 heterocycles. The Bertz CT molecular complexity index is 355. The lowest BCUT2D eigenvalue weighted by molar-refractivity contribution is 0.413. The van der Waals surface area contributed by atoms with Crippen LogP contribution in [-0.2, 0) is 0 Å². The number of nitrogens with two attached hydrogens (primary N) is 1. The molecule has 3 nitrogen and oxygen atoms in total. The van der Waals surface area contributed by atoms with Gasteiger partial charge in [0.2, 0.25) is 0 Å². The van der Waals surface area contributed by atoms with Gasteiger partial charge in [-0.05, 0) is 30.2 Å². The molecule has 0 aromatic heterocycles. The van der Waals surface area contributed by atoms with Crippen LogP contribution in [0, 0.1) is 18.3 Å². The number of aryl methyl sites for hydroxylation is 1. The number of nitrogens with zero attached hydrogens (tertiary/aromatic N) is 1. The molecule has 0 bridgehead atoms. The molecule has 0 fully saturated rings. The van der Waals surface area contributed by atoms with Gasteiger partial charge < -0.3 is 10.5 Å². The van der Waals surface area contributed by atoms with E-state index in [0.29, 0.717) is 6.42 Å². The highest BCUT2D eigenvalue weighted by Crippen LogP contribution is 2.23. The van der Waals surface area contributed by atoms with Crippen molar-refractivity contribution in [1.29, 1.82) is 5.26 Å². The summed E-state index contributed by atoms with van der Waals surface area (Å²) >= 11 is 0. The van der Waals surface area contributed by atoms with E-state index in [1.807, 2.05) is 25.1 Å². The lowest BCUT2D eigenvalue weighted by Gasteiger charge is -2.12. The maximum absolute atomic E-state index is 8.55. The lowest BCUT2D eigenvalue weighted by Crippen LogP contribution is -2.10. The first-order valence-corrected chi connectivity index (χ1v) is 4.46. The Hall–Kier alpha value is -1.53. The van der Waals surface area contributed by atoms with E-state index in [9.17, 15) is 0 Å². The fraction of sp³-hybridized carbons (Fsp3) is 0.364. The van der Waals surface area contributed by atoms with Gasteiger partial charge in [0.25, 0.3) is 0 Å². The molecule has 0 spiro atoms. The van der Waals surface area contributed by atoms with Crippen molar-refractivity contribution in [2.75, 3.05) is 7.11 Å². The monoisotopic (exact) mass is 190 g/mol. The van der Waals surface area contributed by atoms with Gasteiger partial charge in [-0.3, -0.25) is 0 Å². The summed E-state index contributed by atoms with van der Waals surface area (Å²) in [5, 5.41) is 8.55. The summed E-state index contributed by atoms with van der Waals surface area (Å²) in [5.41, 5.74) is 7.92. The highest BCUT2D eigenvalue weighted by Gasteiger charge is 2.09. The van der Waals surface area contributed by atoms with Crippen LogP contribution < -0.4 is 10.5 Å². The number of hydrogen-bond donors (Lipinski definition) is 1. The molecule has 0 unspecified atom stereocenters. The molecule has 0 saturated carbocycles. The number of methoxy groups -OCH3 is 1. The number of benzene rings is 1. The number of nitriles is 1. The minimum atomic E-state index is -0.227. The quantitative estimate of drug-likeness (QED) is 0.792. The van der Waals surface area contributed by atoms with Crippen molar-refractivity contribution >= 4 is 0 Å². The second-order valence-electron chi connectivity index (χ2n) is 3.19. The summed E-state index contributed by atoms with van der Waals surface area (Å²) < 4.78 is 5.10. The fourth-order valence-electron chi connectivity index (χ4n) is 1.35. The predicted octanol–water partition coefficient (Wildman–Crippen LogP) is 1.92. The van der Waals surface area contributed by atoms with Crippen molar-refractivity contribution in [3.05, 3.63) is 29.3 Å². The minimum Gasteiger partial charge on any atom is -0.497 e. The minimum absolute atomic E-state index is 0.227. The van der Waals surface area contributed by atoms with Crippen LogP contribution in [0.4, 0.5) is 0 Å². The topological polar surface area (TPSA) is 59.0 Å². The Morgan fingerprint density at radius 2 is 2.29 bits per heavy atom. The molecule has 0 amide bonds. The van der Waals surface area contributed by atoms with Crippen LogP contribution in [-0.4, -0.2) is 7.11 Å². The maximum atomic E-state index is 8.55. The Morgan fingerprint density at radius 1 is 1.57 bits per heavy atom. The first kappa shape index (κ1) is 10.6. The largest absolute Gasteiger partial charge is 0.497 e. The summed E-state index contributed by atoms with van der Waals surface area (Å²) in [6.07, 6.45) is 0.327. The van der Waals surface area contributed by atoms with Crippen LogP contribution in [0.2, 0.25) is 0 Å². The summed E-state index contributed by atoms with van der Waals surface area (Å²) in [4.78, 5) is 0. The van der Waals surface area contributed by atoms with Gasteiger partial charge in [0.05, 0.1) is 19.6 Å². The Kier molecular flexibility index (Phi) is 3.49. The standard InChI is InChI=1S/C11H14N2O/c1-8-3-4-9(14-2)7-10(8)11(13)5-6-12/h3-4,7,11H,5,13H2,1-2H3/t11-/m1/s1. The highest BCUT2D eigenvalue weighted by molar-refractivity contribution is 5.37. The normalized spacial score (nSPS) is 11.9. The van der Waals surface area contributed by atoms with E-state index in [0.717, 1.165) is 16.9 Å².